The molecule has 9 rings (SSSR count). The van der Waals surface area contributed by atoms with Crippen molar-refractivity contribution < 1.29 is 72.7 Å². The second kappa shape index (κ2) is 16.9. The third kappa shape index (κ3) is 7.84. The van der Waals surface area contributed by atoms with Crippen LogP contribution in [0.2, 0.25) is 0 Å². The quantitative estimate of drug-likeness (QED) is 0.0686. The average molecular weight is 965 g/mol. The van der Waals surface area contributed by atoms with E-state index in [-0.39, 0.29) is 50.8 Å². The standard InChI is InChI=1S/C49H28F12N4O4/c50-41-40(42(51)44(53)45(43(41)52)69-21-47(56,57)49(60,61)48(58,59)46(54)55)39-34-16-14-32(64-34)37(23-5-2-8-26(67)19-23)30-12-10-28(62-30)36(22-4-1-7-25(66)18-22)29-11-13-31(63-29)38(33-15-17-35(39)65-33)24-6-3-9-27(68)20-24/h1-20,46,62,65-68H,21H2. The summed E-state index contributed by atoms with van der Waals surface area (Å²) in [6.45, 7) is -3.15. The molecule has 2 aliphatic rings. The highest BCUT2D eigenvalue weighted by Gasteiger charge is 2.75. The number of nitrogens with zero attached hydrogens (tertiary/aromatic N) is 2. The Morgan fingerprint density at radius 1 is 0.478 bits per heavy atom. The zero-order chi connectivity index (χ0) is 49.3. The Hall–Kier alpha value is -8.16. The van der Waals surface area contributed by atoms with Crippen molar-refractivity contribution in [2.24, 2.45) is 0 Å². The van der Waals surface area contributed by atoms with Crippen molar-refractivity contribution in [1.82, 2.24) is 19.9 Å². The van der Waals surface area contributed by atoms with Crippen molar-refractivity contribution in [2.75, 3.05) is 6.61 Å². The number of ether oxygens (including phenoxy) is 1. The Kier molecular flexibility index (Phi) is 11.2. The second-order valence-corrected chi connectivity index (χ2v) is 15.6. The van der Waals surface area contributed by atoms with E-state index in [0.29, 0.717) is 39.0 Å². The van der Waals surface area contributed by atoms with Crippen molar-refractivity contribution >= 4 is 46.4 Å². The Bertz CT molecular complexity index is 3400. The molecule has 8 bridgehead atoms. The van der Waals surface area contributed by atoms with Crippen LogP contribution in [0.15, 0.2) is 97.1 Å². The van der Waals surface area contributed by atoms with Crippen LogP contribution in [0, 0.1) is 23.3 Å². The summed E-state index contributed by atoms with van der Waals surface area (Å²) in [5.74, 6) is -32.8. The van der Waals surface area contributed by atoms with Crippen LogP contribution in [0.4, 0.5) is 52.7 Å². The number of halogens is 12. The molecule has 7 aromatic rings. The van der Waals surface area contributed by atoms with Gasteiger partial charge in [-0.3, -0.25) is 0 Å². The van der Waals surface area contributed by atoms with Gasteiger partial charge in [0, 0.05) is 44.3 Å². The summed E-state index contributed by atoms with van der Waals surface area (Å²) < 4.78 is 179. The lowest BCUT2D eigenvalue weighted by Crippen LogP contribution is -2.59. The van der Waals surface area contributed by atoms with Gasteiger partial charge in [0.1, 0.15) is 17.2 Å². The van der Waals surface area contributed by atoms with Gasteiger partial charge in [0.2, 0.25) is 11.6 Å². The van der Waals surface area contributed by atoms with Crippen LogP contribution in [-0.4, -0.2) is 66.1 Å². The van der Waals surface area contributed by atoms with Gasteiger partial charge >= 0.3 is 24.2 Å². The molecule has 0 saturated carbocycles. The number of nitrogens with one attached hydrogen (secondary N) is 2. The number of aromatic amines is 2. The number of H-pyrrole nitrogens is 2. The predicted molar refractivity (Wildman–Crippen MR) is 232 cm³/mol. The van der Waals surface area contributed by atoms with Crippen LogP contribution < -0.4 is 4.74 Å². The number of hydrogen-bond acceptors (Lipinski definition) is 6. The van der Waals surface area contributed by atoms with Crippen LogP contribution in [0.5, 0.6) is 23.0 Å². The van der Waals surface area contributed by atoms with E-state index in [0.717, 1.165) is 0 Å². The highest BCUT2D eigenvalue weighted by Crippen LogP contribution is 2.49. The van der Waals surface area contributed by atoms with Crippen LogP contribution in [0.25, 0.3) is 90.9 Å². The molecule has 3 aromatic heterocycles. The van der Waals surface area contributed by atoms with Crippen molar-refractivity contribution in [3.8, 4) is 67.5 Å². The van der Waals surface area contributed by atoms with E-state index in [1.54, 1.807) is 48.6 Å². The Labute approximate surface area is 379 Å². The highest BCUT2D eigenvalue weighted by molar-refractivity contribution is 6.00. The maximum Gasteiger partial charge on any atom is 0.381 e. The fourth-order valence-electron chi connectivity index (χ4n) is 7.96. The molecule has 20 heteroatoms. The van der Waals surface area contributed by atoms with Crippen molar-refractivity contribution in [1.29, 1.82) is 0 Å². The molecule has 69 heavy (non-hydrogen) atoms. The number of alkyl halides is 8. The zero-order valence-corrected chi connectivity index (χ0v) is 34.5. The number of aromatic hydroxyl groups is 3. The van der Waals surface area contributed by atoms with Crippen LogP contribution >= 0.6 is 0 Å². The van der Waals surface area contributed by atoms with Crippen LogP contribution in [0.3, 0.4) is 0 Å². The molecule has 0 fully saturated rings. The number of fused-ring (bicyclic) bond motifs is 8. The zero-order valence-electron chi connectivity index (χ0n) is 34.5. The minimum absolute atomic E-state index is 0.0190. The van der Waals surface area contributed by atoms with Crippen molar-refractivity contribution in [3.05, 3.63) is 143 Å². The van der Waals surface area contributed by atoms with Gasteiger partial charge in [-0.1, -0.05) is 36.4 Å². The first-order valence-corrected chi connectivity index (χ1v) is 20.1. The number of phenols is 3. The summed E-state index contributed by atoms with van der Waals surface area (Å²) in [5, 5.41) is 31.7. The van der Waals surface area contributed by atoms with E-state index >= 15 is 17.6 Å². The minimum Gasteiger partial charge on any atom is -0.508 e. The SMILES string of the molecule is Oc1cccc(-c2c3nc(c(-c4cccc(O)c4)c4ccc([nH]4)c(-c4c(F)c(F)c(OCC(F)(F)C(F)(F)C(F)(F)C(F)F)c(F)c4F)c4nc(c(-c5cccc(O)c5)c5ccc2[nH]5)C=C4)C=C3)c1. The molecule has 0 radical (unpaired) electrons. The Morgan fingerprint density at radius 3 is 1.17 bits per heavy atom. The van der Waals surface area contributed by atoms with Gasteiger partial charge in [0.25, 0.3) is 0 Å². The average Bonchev–Trinajstić information content (AvgIpc) is 4.15. The fourth-order valence-corrected chi connectivity index (χ4v) is 7.96. The fraction of sp³-hybridized carbons (Fsp3) is 0.102. The van der Waals surface area contributed by atoms with E-state index in [9.17, 15) is 50.4 Å². The van der Waals surface area contributed by atoms with E-state index in [1.165, 1.54) is 72.8 Å². The molecule has 352 valence electrons. The van der Waals surface area contributed by atoms with Crippen LogP contribution in [0.1, 0.15) is 22.8 Å². The molecular weight excluding hydrogens is 937 g/mol. The third-order valence-corrected chi connectivity index (χ3v) is 11.2. The molecule has 5 N–H and O–H groups in total. The van der Waals surface area contributed by atoms with Gasteiger partial charge in [0.05, 0.1) is 28.3 Å². The van der Waals surface area contributed by atoms with Gasteiger partial charge in [-0.15, -0.1) is 0 Å². The van der Waals surface area contributed by atoms with Crippen molar-refractivity contribution in [2.45, 2.75) is 24.2 Å². The number of benzene rings is 4. The molecule has 0 aliphatic carbocycles. The lowest BCUT2D eigenvalue weighted by molar-refractivity contribution is -0.342. The third-order valence-electron chi connectivity index (χ3n) is 11.2. The highest BCUT2D eigenvalue weighted by atomic mass is 19.4. The van der Waals surface area contributed by atoms with E-state index in [2.05, 4.69) is 19.7 Å². The number of aromatic nitrogens is 4. The lowest BCUT2D eigenvalue weighted by Gasteiger charge is -2.32. The molecule has 0 amide bonds. The first-order valence-electron chi connectivity index (χ1n) is 20.1. The van der Waals surface area contributed by atoms with E-state index in [1.807, 2.05) is 0 Å². The summed E-state index contributed by atoms with van der Waals surface area (Å²) in [5.41, 5.74) is 0.519. The Balaban J connectivity index is 1.37. The smallest absolute Gasteiger partial charge is 0.381 e. The molecule has 5 heterocycles. The maximum atomic E-state index is 16.5. The van der Waals surface area contributed by atoms with Gasteiger partial charge in [-0.2, -0.15) is 35.1 Å². The number of rotatable bonds is 10. The van der Waals surface area contributed by atoms with E-state index in [4.69, 9.17) is 4.98 Å². The van der Waals surface area contributed by atoms with Gasteiger partial charge in [0.15, 0.2) is 24.0 Å². The molecule has 8 nitrogen and oxygen atoms in total. The number of hydrogen-bond donors (Lipinski definition) is 5. The van der Waals surface area contributed by atoms with E-state index < -0.39 is 76.6 Å². The molecule has 0 saturated heterocycles. The monoisotopic (exact) mass is 964 g/mol. The molecule has 0 spiro atoms. The molecular formula is C49H28F12N4O4. The minimum atomic E-state index is -6.89. The summed E-state index contributed by atoms with van der Waals surface area (Å²) in [6, 6.07) is 23.9. The maximum absolute atomic E-state index is 16.5. The molecule has 4 aromatic carbocycles. The van der Waals surface area contributed by atoms with Gasteiger partial charge in [-0.05, 0) is 102 Å². The predicted octanol–water partition coefficient (Wildman–Crippen LogP) is 13.5. The first-order chi connectivity index (χ1) is 32.7. The van der Waals surface area contributed by atoms with Gasteiger partial charge in [-0.25, -0.2) is 27.5 Å². The van der Waals surface area contributed by atoms with Gasteiger partial charge < -0.3 is 30.0 Å². The lowest BCUT2D eigenvalue weighted by atomic mass is 10.0. The molecule has 2 aliphatic heterocycles. The number of phenolic OH excluding ortho intramolecular Hbond substituents is 3. The topological polar surface area (TPSA) is 127 Å². The summed E-state index contributed by atoms with van der Waals surface area (Å²) in [7, 11) is 0. The normalized spacial score (nSPS) is 12.9. The largest absolute Gasteiger partial charge is 0.508 e. The Morgan fingerprint density at radius 2 is 0.826 bits per heavy atom. The van der Waals surface area contributed by atoms with Crippen molar-refractivity contribution in [3.63, 3.8) is 0 Å². The summed E-state index contributed by atoms with van der Waals surface area (Å²) in [4.78, 5) is 15.9. The first kappa shape index (κ1) is 46.0. The summed E-state index contributed by atoms with van der Waals surface area (Å²) in [6.07, 6.45) is 0.465. The molecule has 0 atom stereocenters. The second-order valence-electron chi connectivity index (χ2n) is 15.6. The summed E-state index contributed by atoms with van der Waals surface area (Å²) >= 11 is 0. The van der Waals surface area contributed by atoms with Crippen LogP contribution in [-0.2, 0) is 0 Å². The molecule has 0 unspecified atom stereocenters.